The van der Waals surface area contributed by atoms with Crippen molar-refractivity contribution in [1.82, 2.24) is 0 Å². The van der Waals surface area contributed by atoms with Gasteiger partial charge in [-0.05, 0) is 66.2 Å². The van der Waals surface area contributed by atoms with Crippen molar-refractivity contribution >= 4 is 17.6 Å². The lowest BCUT2D eigenvalue weighted by Crippen LogP contribution is -2.48. The molecule has 128 valence electrons. The first-order valence-electron chi connectivity index (χ1n) is 7.58. The third-order valence-corrected chi connectivity index (χ3v) is 3.10. The molecule has 0 fully saturated rings. The lowest BCUT2D eigenvalue weighted by molar-refractivity contribution is -0.176. The Hall–Kier alpha value is -2.04. The van der Waals surface area contributed by atoms with Crippen LogP contribution in [-0.2, 0) is 24.5 Å². The predicted molar refractivity (Wildman–Crippen MR) is 89.9 cm³/mol. The molecule has 5 nitrogen and oxygen atoms in total. The van der Waals surface area contributed by atoms with Gasteiger partial charge in [0.25, 0.3) is 0 Å². The van der Waals surface area contributed by atoms with Gasteiger partial charge < -0.3 is 15.2 Å². The molecule has 1 rings (SSSR count). The van der Waals surface area contributed by atoms with E-state index in [9.17, 15) is 9.59 Å². The van der Waals surface area contributed by atoms with Gasteiger partial charge in [0, 0.05) is 5.69 Å². The first kappa shape index (κ1) is 19.0. The quantitative estimate of drug-likeness (QED) is 0.525. The topological polar surface area (TPSA) is 78.6 Å². The largest absolute Gasteiger partial charge is 0.459 e. The van der Waals surface area contributed by atoms with E-state index in [2.05, 4.69) is 0 Å². The lowest BCUT2D eigenvalue weighted by atomic mass is 9.82. The number of hydrogen-bond donors (Lipinski definition) is 1. The molecule has 2 N–H and O–H groups in total. The third-order valence-electron chi connectivity index (χ3n) is 3.10. The smallest absolute Gasteiger partial charge is 0.328 e. The summed E-state index contributed by atoms with van der Waals surface area (Å²) < 4.78 is 10.9. The molecule has 1 aromatic rings. The SMILES string of the molecule is CC(C)(C)OC(=O)C(C)(C(=O)OC(C)(C)C)c1ccc(N)cc1. The van der Waals surface area contributed by atoms with Crippen LogP contribution in [0.15, 0.2) is 24.3 Å². The van der Waals surface area contributed by atoms with Crippen LogP contribution in [-0.4, -0.2) is 23.1 Å². The summed E-state index contributed by atoms with van der Waals surface area (Å²) in [6.07, 6.45) is 0. The normalized spacial score (nSPS) is 12.7. The lowest BCUT2D eigenvalue weighted by Gasteiger charge is -2.32. The maximum absolute atomic E-state index is 12.7. The van der Waals surface area contributed by atoms with Gasteiger partial charge in [-0.2, -0.15) is 0 Å². The Bertz CT molecular complexity index is 549. The monoisotopic (exact) mass is 321 g/mol. The number of nitrogens with two attached hydrogens (primary N) is 1. The Morgan fingerprint density at radius 1 is 0.783 bits per heavy atom. The van der Waals surface area contributed by atoms with Crippen LogP contribution in [0.25, 0.3) is 0 Å². The molecule has 0 aliphatic rings. The van der Waals surface area contributed by atoms with E-state index in [4.69, 9.17) is 15.2 Å². The van der Waals surface area contributed by atoms with Crippen LogP contribution in [0.1, 0.15) is 54.0 Å². The first-order chi connectivity index (χ1) is 10.3. The van der Waals surface area contributed by atoms with E-state index < -0.39 is 28.6 Å². The molecule has 0 aliphatic heterocycles. The van der Waals surface area contributed by atoms with E-state index in [1.807, 2.05) is 0 Å². The molecule has 0 saturated carbocycles. The molecular weight excluding hydrogens is 294 g/mol. The molecular formula is C18H27NO4. The Balaban J connectivity index is 3.32. The summed E-state index contributed by atoms with van der Waals surface area (Å²) in [4.78, 5) is 25.5. The Morgan fingerprint density at radius 2 is 1.13 bits per heavy atom. The third kappa shape index (κ3) is 4.98. The number of carbonyl (C=O) groups is 2. The number of hydrogen-bond acceptors (Lipinski definition) is 5. The fraction of sp³-hybridized carbons (Fsp3) is 0.556. The fourth-order valence-corrected chi connectivity index (χ4v) is 1.90. The zero-order valence-electron chi connectivity index (χ0n) is 15.0. The molecule has 0 heterocycles. The summed E-state index contributed by atoms with van der Waals surface area (Å²) in [6, 6.07) is 6.57. The van der Waals surface area contributed by atoms with Crippen molar-refractivity contribution in [2.75, 3.05) is 5.73 Å². The van der Waals surface area contributed by atoms with Gasteiger partial charge in [-0.25, -0.2) is 0 Å². The maximum atomic E-state index is 12.7. The minimum absolute atomic E-state index is 0.482. The van der Waals surface area contributed by atoms with Crippen molar-refractivity contribution < 1.29 is 19.1 Å². The second-order valence-corrected chi connectivity index (χ2v) is 7.75. The maximum Gasteiger partial charge on any atom is 0.328 e. The van der Waals surface area contributed by atoms with Gasteiger partial charge in [0.2, 0.25) is 0 Å². The molecule has 0 unspecified atom stereocenters. The van der Waals surface area contributed by atoms with E-state index in [1.165, 1.54) is 6.92 Å². The number of nitrogen functional groups attached to an aromatic ring is 1. The zero-order chi connectivity index (χ0) is 18.1. The highest BCUT2D eigenvalue weighted by molar-refractivity contribution is 6.06. The highest BCUT2D eigenvalue weighted by Crippen LogP contribution is 2.31. The highest BCUT2D eigenvalue weighted by atomic mass is 16.6. The summed E-state index contributed by atoms with van der Waals surface area (Å²) in [5, 5.41) is 0. The van der Waals surface area contributed by atoms with E-state index >= 15 is 0 Å². The van der Waals surface area contributed by atoms with E-state index in [-0.39, 0.29) is 0 Å². The molecule has 0 aliphatic carbocycles. The van der Waals surface area contributed by atoms with Crippen molar-refractivity contribution in [3.63, 3.8) is 0 Å². The summed E-state index contributed by atoms with van der Waals surface area (Å²) in [6.45, 7) is 12.0. The van der Waals surface area contributed by atoms with Gasteiger partial charge in [-0.1, -0.05) is 12.1 Å². The number of ether oxygens (including phenoxy) is 2. The van der Waals surface area contributed by atoms with Crippen molar-refractivity contribution in [2.24, 2.45) is 0 Å². The van der Waals surface area contributed by atoms with Crippen LogP contribution in [0.3, 0.4) is 0 Å². The fourth-order valence-electron chi connectivity index (χ4n) is 1.90. The molecule has 0 aromatic heterocycles. The van der Waals surface area contributed by atoms with Crippen molar-refractivity contribution in [1.29, 1.82) is 0 Å². The molecule has 0 spiro atoms. The van der Waals surface area contributed by atoms with Crippen molar-refractivity contribution in [3.8, 4) is 0 Å². The molecule has 0 bridgehead atoms. The van der Waals surface area contributed by atoms with Crippen LogP contribution in [0.2, 0.25) is 0 Å². The summed E-state index contributed by atoms with van der Waals surface area (Å²) in [5.74, 6) is -1.30. The van der Waals surface area contributed by atoms with Crippen molar-refractivity contribution in [3.05, 3.63) is 29.8 Å². The number of benzene rings is 1. The Labute approximate surface area is 138 Å². The standard InChI is InChI=1S/C18H27NO4/c1-16(2,3)22-14(20)18(7,15(21)23-17(4,5)6)12-8-10-13(19)11-9-12/h8-11H,19H2,1-7H3. The number of anilines is 1. The van der Waals surface area contributed by atoms with Crippen LogP contribution in [0.4, 0.5) is 5.69 Å². The van der Waals surface area contributed by atoms with Crippen molar-refractivity contribution in [2.45, 2.75) is 65.1 Å². The second kappa shape index (κ2) is 6.22. The average Bonchev–Trinajstić information content (AvgIpc) is 2.34. The number of rotatable bonds is 3. The highest BCUT2D eigenvalue weighted by Gasteiger charge is 2.48. The van der Waals surface area contributed by atoms with Gasteiger partial charge >= 0.3 is 11.9 Å². The minimum Gasteiger partial charge on any atom is -0.459 e. The predicted octanol–water partition coefficient (Wildman–Crippen LogP) is 3.21. The van der Waals surface area contributed by atoms with Gasteiger partial charge in [0.15, 0.2) is 5.41 Å². The summed E-state index contributed by atoms with van der Waals surface area (Å²) in [5.41, 5.74) is 3.73. The molecule has 5 heteroatoms. The van der Waals surface area contributed by atoms with Crippen LogP contribution in [0.5, 0.6) is 0 Å². The molecule has 0 radical (unpaired) electrons. The van der Waals surface area contributed by atoms with Crippen LogP contribution < -0.4 is 5.73 Å². The van der Waals surface area contributed by atoms with Crippen LogP contribution >= 0.6 is 0 Å². The van der Waals surface area contributed by atoms with E-state index in [0.29, 0.717) is 11.3 Å². The Morgan fingerprint density at radius 3 is 1.43 bits per heavy atom. The van der Waals surface area contributed by atoms with E-state index in [1.54, 1.807) is 65.8 Å². The van der Waals surface area contributed by atoms with Gasteiger partial charge in [0.05, 0.1) is 0 Å². The molecule has 0 amide bonds. The van der Waals surface area contributed by atoms with E-state index in [0.717, 1.165) is 0 Å². The number of carbonyl (C=O) groups excluding carboxylic acids is 2. The molecule has 23 heavy (non-hydrogen) atoms. The van der Waals surface area contributed by atoms with Crippen LogP contribution in [0, 0.1) is 0 Å². The molecule has 1 aromatic carbocycles. The Kier molecular flexibility index (Phi) is 5.14. The minimum atomic E-state index is -1.56. The van der Waals surface area contributed by atoms with Gasteiger partial charge in [0.1, 0.15) is 11.2 Å². The van der Waals surface area contributed by atoms with Gasteiger partial charge in [-0.3, -0.25) is 9.59 Å². The summed E-state index contributed by atoms with van der Waals surface area (Å²) >= 11 is 0. The zero-order valence-corrected chi connectivity index (χ0v) is 15.0. The number of esters is 2. The van der Waals surface area contributed by atoms with Gasteiger partial charge in [-0.15, -0.1) is 0 Å². The molecule has 0 saturated heterocycles. The summed E-state index contributed by atoms with van der Waals surface area (Å²) in [7, 11) is 0. The molecule has 0 atom stereocenters. The average molecular weight is 321 g/mol. The second-order valence-electron chi connectivity index (χ2n) is 7.75. The first-order valence-corrected chi connectivity index (χ1v) is 7.58.